The highest BCUT2D eigenvalue weighted by Gasteiger charge is 2.37. The Morgan fingerprint density at radius 1 is 1.27 bits per heavy atom. The molecule has 3 N–H and O–H groups in total. The maximum absolute atomic E-state index is 13.5. The summed E-state index contributed by atoms with van der Waals surface area (Å²) in [6.07, 6.45) is 1.10. The van der Waals surface area contributed by atoms with E-state index in [0.717, 1.165) is 10.9 Å². The van der Waals surface area contributed by atoms with Gasteiger partial charge < -0.3 is 10.0 Å². The molecule has 0 aliphatic carbocycles. The molecule has 0 saturated carbocycles. The summed E-state index contributed by atoms with van der Waals surface area (Å²) in [6, 6.07) is 13.1. The predicted molar refractivity (Wildman–Crippen MR) is 96.2 cm³/mol. The second-order valence-corrected chi connectivity index (χ2v) is 6.61. The normalized spacial score (nSPS) is 20.3. The largest absolute Gasteiger partial charge is 0.383 e. The van der Waals surface area contributed by atoms with Crippen LogP contribution in [0.1, 0.15) is 18.4 Å². The van der Waals surface area contributed by atoms with Crippen molar-refractivity contribution in [2.45, 2.75) is 18.4 Å². The number of nitrogens with one attached hydrogen (secondary N) is 2. The third-order valence-electron chi connectivity index (χ3n) is 4.82. The number of fused-ring (bicyclic) bond motifs is 1. The molecule has 1 fully saturated rings. The summed E-state index contributed by atoms with van der Waals surface area (Å²) in [7, 11) is 0. The molecule has 1 unspecified atom stereocenters. The van der Waals surface area contributed by atoms with E-state index in [9.17, 15) is 14.3 Å². The number of aromatic amines is 1. The summed E-state index contributed by atoms with van der Waals surface area (Å²) in [4.78, 5) is 14.2. The number of aromatic nitrogens is 2. The zero-order valence-electron chi connectivity index (χ0n) is 14.1. The first-order valence-electron chi connectivity index (χ1n) is 8.53. The Labute approximate surface area is 149 Å². The number of rotatable bonds is 2. The molecule has 1 atom stereocenters. The molecule has 2 heterocycles. The van der Waals surface area contributed by atoms with Crippen LogP contribution in [0.4, 0.5) is 15.0 Å². The number of hydrogen-bond donors (Lipinski definition) is 3. The first kappa shape index (κ1) is 16.5. The minimum Gasteiger partial charge on any atom is -0.383 e. The lowest BCUT2D eigenvalue weighted by Crippen LogP contribution is -2.50. The van der Waals surface area contributed by atoms with Crippen molar-refractivity contribution >= 4 is 22.8 Å². The van der Waals surface area contributed by atoms with Crippen molar-refractivity contribution in [3.05, 3.63) is 59.9 Å². The topological polar surface area (TPSA) is 81.2 Å². The molecule has 6 nitrogen and oxygen atoms in total. The maximum atomic E-state index is 13.5. The van der Waals surface area contributed by atoms with Crippen molar-refractivity contribution in [1.29, 1.82) is 0 Å². The van der Waals surface area contributed by atoms with E-state index in [1.807, 2.05) is 24.3 Å². The minimum atomic E-state index is -1.26. The van der Waals surface area contributed by atoms with Crippen molar-refractivity contribution in [2.24, 2.45) is 0 Å². The van der Waals surface area contributed by atoms with E-state index in [4.69, 9.17) is 0 Å². The number of piperidine rings is 1. The fourth-order valence-corrected chi connectivity index (χ4v) is 3.46. The summed E-state index contributed by atoms with van der Waals surface area (Å²) in [5.41, 5.74) is 0.0589. The second-order valence-electron chi connectivity index (χ2n) is 6.61. The molecule has 1 saturated heterocycles. The number of aliphatic hydroxyl groups is 1. The Morgan fingerprint density at radius 3 is 2.96 bits per heavy atom. The van der Waals surface area contributed by atoms with Gasteiger partial charge in [0.2, 0.25) is 0 Å². The van der Waals surface area contributed by atoms with Crippen LogP contribution in [0.15, 0.2) is 48.5 Å². The number of carbonyl (C=O) groups is 1. The molecule has 26 heavy (non-hydrogen) atoms. The van der Waals surface area contributed by atoms with E-state index in [0.29, 0.717) is 30.8 Å². The SMILES string of the molecule is O=C(Nc1n[nH]c2ccccc12)N1CCCC(O)(c2cccc(F)c2)C1. The Morgan fingerprint density at radius 2 is 2.12 bits per heavy atom. The lowest BCUT2D eigenvalue weighted by Gasteiger charge is -2.39. The number of benzene rings is 2. The third-order valence-corrected chi connectivity index (χ3v) is 4.82. The van der Waals surface area contributed by atoms with Crippen molar-refractivity contribution in [2.75, 3.05) is 18.4 Å². The number of hydrogen-bond acceptors (Lipinski definition) is 3. The van der Waals surface area contributed by atoms with Crippen LogP contribution in [0.25, 0.3) is 10.9 Å². The molecule has 0 bridgehead atoms. The highest BCUT2D eigenvalue weighted by molar-refractivity contribution is 5.98. The van der Waals surface area contributed by atoms with Crippen LogP contribution >= 0.6 is 0 Å². The van der Waals surface area contributed by atoms with Gasteiger partial charge in [-0.2, -0.15) is 5.10 Å². The second kappa shape index (κ2) is 6.42. The molecule has 3 aromatic rings. The van der Waals surface area contributed by atoms with Crippen molar-refractivity contribution in [3.63, 3.8) is 0 Å². The van der Waals surface area contributed by atoms with Gasteiger partial charge in [-0.1, -0.05) is 24.3 Å². The van der Waals surface area contributed by atoms with Crippen LogP contribution in [0.5, 0.6) is 0 Å². The number of amides is 2. The number of likely N-dealkylation sites (tertiary alicyclic amines) is 1. The number of carbonyl (C=O) groups excluding carboxylic acids is 1. The Kier molecular flexibility index (Phi) is 4.08. The average molecular weight is 354 g/mol. The summed E-state index contributed by atoms with van der Waals surface area (Å²) >= 11 is 0. The molecule has 1 aliphatic rings. The van der Waals surface area contributed by atoms with Gasteiger partial charge in [0.1, 0.15) is 11.4 Å². The number of β-amino-alcohol motifs (C(OH)–C–C–N with tert-alkyl or cyclic N) is 1. The molecular weight excluding hydrogens is 335 g/mol. The highest BCUT2D eigenvalue weighted by atomic mass is 19.1. The zero-order chi connectivity index (χ0) is 18.1. The van der Waals surface area contributed by atoms with Gasteiger partial charge in [0.25, 0.3) is 0 Å². The molecule has 2 aromatic carbocycles. The Balaban J connectivity index is 1.53. The van der Waals surface area contributed by atoms with Gasteiger partial charge in [-0.25, -0.2) is 9.18 Å². The molecule has 7 heteroatoms. The van der Waals surface area contributed by atoms with Crippen LogP contribution in [0, 0.1) is 5.82 Å². The van der Waals surface area contributed by atoms with E-state index < -0.39 is 11.4 Å². The lowest BCUT2D eigenvalue weighted by atomic mass is 9.86. The standard InChI is InChI=1S/C19H19FN4O2/c20-14-6-3-5-13(11-14)19(26)9-4-10-24(12-19)18(25)21-17-15-7-1-2-8-16(15)22-23-17/h1-3,5-8,11,26H,4,9-10,12H2,(H2,21,22,23,25). The highest BCUT2D eigenvalue weighted by Crippen LogP contribution is 2.32. The summed E-state index contributed by atoms with van der Waals surface area (Å²) < 4.78 is 13.5. The van der Waals surface area contributed by atoms with Gasteiger partial charge >= 0.3 is 6.03 Å². The van der Waals surface area contributed by atoms with E-state index in [1.54, 1.807) is 12.1 Å². The molecule has 134 valence electrons. The molecule has 4 rings (SSSR count). The van der Waals surface area contributed by atoms with E-state index in [2.05, 4.69) is 15.5 Å². The van der Waals surface area contributed by atoms with E-state index in [1.165, 1.54) is 17.0 Å². The fraction of sp³-hybridized carbons (Fsp3) is 0.263. The number of para-hydroxylation sites is 1. The molecule has 2 amide bonds. The van der Waals surface area contributed by atoms with Crippen molar-refractivity contribution < 1.29 is 14.3 Å². The zero-order valence-corrected chi connectivity index (χ0v) is 14.1. The number of anilines is 1. The number of nitrogens with zero attached hydrogens (tertiary/aromatic N) is 2. The van der Waals surface area contributed by atoms with Gasteiger partial charge in [-0.3, -0.25) is 10.4 Å². The predicted octanol–water partition coefficient (Wildman–Crippen LogP) is 3.22. The van der Waals surface area contributed by atoms with Crippen LogP contribution in [0.3, 0.4) is 0 Å². The number of urea groups is 1. The summed E-state index contributed by atoms with van der Waals surface area (Å²) in [6.45, 7) is 0.621. The van der Waals surface area contributed by atoms with Crippen molar-refractivity contribution in [3.8, 4) is 0 Å². The molecular formula is C19H19FN4O2. The van der Waals surface area contributed by atoms with Crippen LogP contribution in [-0.2, 0) is 5.60 Å². The van der Waals surface area contributed by atoms with Gasteiger partial charge in [-0.15, -0.1) is 0 Å². The van der Waals surface area contributed by atoms with Gasteiger partial charge in [-0.05, 0) is 42.7 Å². The average Bonchev–Trinajstić information content (AvgIpc) is 3.05. The smallest absolute Gasteiger partial charge is 0.323 e. The first-order chi connectivity index (χ1) is 12.5. The van der Waals surface area contributed by atoms with Gasteiger partial charge in [0.15, 0.2) is 5.82 Å². The van der Waals surface area contributed by atoms with Crippen LogP contribution < -0.4 is 5.32 Å². The fourth-order valence-electron chi connectivity index (χ4n) is 3.46. The van der Waals surface area contributed by atoms with E-state index in [-0.39, 0.29) is 12.6 Å². The Hall–Kier alpha value is -2.93. The summed E-state index contributed by atoms with van der Waals surface area (Å²) in [5, 5.41) is 21.6. The maximum Gasteiger partial charge on any atom is 0.323 e. The van der Waals surface area contributed by atoms with E-state index >= 15 is 0 Å². The number of H-pyrrole nitrogens is 1. The monoisotopic (exact) mass is 354 g/mol. The first-order valence-corrected chi connectivity index (χ1v) is 8.53. The minimum absolute atomic E-state index is 0.102. The van der Waals surface area contributed by atoms with Gasteiger partial charge in [0, 0.05) is 11.9 Å². The van der Waals surface area contributed by atoms with Crippen molar-refractivity contribution in [1.82, 2.24) is 15.1 Å². The molecule has 0 radical (unpaired) electrons. The third kappa shape index (κ3) is 3.01. The van der Waals surface area contributed by atoms with Gasteiger partial charge in [0.05, 0.1) is 12.1 Å². The molecule has 1 aliphatic heterocycles. The lowest BCUT2D eigenvalue weighted by molar-refractivity contribution is -0.0216. The molecule has 1 aromatic heterocycles. The Bertz CT molecular complexity index is 957. The quantitative estimate of drug-likeness (QED) is 0.661. The van der Waals surface area contributed by atoms with Crippen LogP contribution in [0.2, 0.25) is 0 Å². The molecule has 0 spiro atoms. The number of halogens is 1. The summed E-state index contributed by atoms with van der Waals surface area (Å²) in [5.74, 6) is 0.0472. The van der Waals surface area contributed by atoms with Crippen LogP contribution in [-0.4, -0.2) is 39.3 Å².